The first kappa shape index (κ1) is 16.8. The number of nitrogens with zero attached hydrogens (tertiary/aromatic N) is 3. The molecule has 0 radical (unpaired) electrons. The van der Waals surface area contributed by atoms with Crippen molar-refractivity contribution in [2.24, 2.45) is 0 Å². The zero-order chi connectivity index (χ0) is 16.2. The molecule has 1 unspecified atom stereocenters. The van der Waals surface area contributed by atoms with Crippen molar-refractivity contribution in [3.05, 3.63) is 16.6 Å². The van der Waals surface area contributed by atoms with Crippen LogP contribution in [0.3, 0.4) is 0 Å². The lowest BCUT2D eigenvalue weighted by Gasteiger charge is -2.35. The van der Waals surface area contributed by atoms with Crippen molar-refractivity contribution in [2.45, 2.75) is 44.1 Å². The average Bonchev–Trinajstić information content (AvgIpc) is 3.17. The number of likely N-dealkylation sites (N-methyl/N-ethyl adjacent to an activating group) is 1. The predicted molar refractivity (Wildman–Crippen MR) is 88.3 cm³/mol. The average molecular weight is 339 g/mol. The van der Waals surface area contributed by atoms with E-state index < -0.39 is 0 Å². The van der Waals surface area contributed by atoms with Crippen LogP contribution in [0.1, 0.15) is 24.3 Å². The van der Waals surface area contributed by atoms with Gasteiger partial charge in [0.25, 0.3) is 0 Å². The van der Waals surface area contributed by atoms with Crippen molar-refractivity contribution in [3.63, 3.8) is 0 Å². The lowest BCUT2D eigenvalue weighted by atomic mass is 9.99. The maximum absolute atomic E-state index is 11.5. The van der Waals surface area contributed by atoms with Crippen molar-refractivity contribution in [1.29, 1.82) is 0 Å². The van der Waals surface area contributed by atoms with E-state index in [4.69, 9.17) is 9.47 Å². The highest BCUT2D eigenvalue weighted by molar-refractivity contribution is 7.09. The number of thiazole rings is 1. The highest BCUT2D eigenvalue weighted by atomic mass is 32.1. The largest absolute Gasteiger partial charge is 0.371 e. The fourth-order valence-electron chi connectivity index (χ4n) is 3.32. The van der Waals surface area contributed by atoms with Crippen molar-refractivity contribution in [3.8, 4) is 0 Å². The molecule has 1 aromatic rings. The van der Waals surface area contributed by atoms with Crippen molar-refractivity contribution < 1.29 is 14.3 Å². The molecule has 0 bridgehead atoms. The van der Waals surface area contributed by atoms with Crippen LogP contribution in [0.5, 0.6) is 0 Å². The molecule has 3 rings (SSSR count). The number of rotatable bonds is 6. The number of ether oxygens (including phenoxy) is 2. The summed E-state index contributed by atoms with van der Waals surface area (Å²) in [6.07, 6.45) is 5.47. The normalized spacial score (nSPS) is 27.8. The lowest BCUT2D eigenvalue weighted by molar-refractivity contribution is -0.138. The van der Waals surface area contributed by atoms with Crippen LogP contribution in [0.25, 0.3) is 0 Å². The van der Waals surface area contributed by atoms with E-state index in [2.05, 4.69) is 9.88 Å². The second kappa shape index (κ2) is 7.70. The molecule has 23 heavy (non-hydrogen) atoms. The number of likely N-dealkylation sites (tertiary alicyclic amines) is 1. The third kappa shape index (κ3) is 4.29. The first-order valence-electron chi connectivity index (χ1n) is 8.19. The van der Waals surface area contributed by atoms with E-state index in [9.17, 15) is 4.79 Å². The monoisotopic (exact) mass is 339 g/mol. The molecule has 0 saturated carbocycles. The molecule has 0 spiro atoms. The van der Waals surface area contributed by atoms with Crippen LogP contribution >= 0.6 is 11.3 Å². The second-order valence-electron chi connectivity index (χ2n) is 6.43. The maximum Gasteiger partial charge on any atom is 0.248 e. The molecule has 1 aromatic heterocycles. The van der Waals surface area contributed by atoms with Gasteiger partial charge in [0.1, 0.15) is 11.6 Å². The molecule has 2 aliphatic rings. The molecule has 3 atom stereocenters. The number of carbonyl (C=O) groups excluding carboxylic acids is 1. The van der Waals surface area contributed by atoms with E-state index in [1.807, 2.05) is 11.6 Å². The number of fused-ring (bicyclic) bond motifs is 1. The van der Waals surface area contributed by atoms with Crippen LogP contribution in [0.15, 0.2) is 11.6 Å². The zero-order valence-corrected chi connectivity index (χ0v) is 14.6. The number of amides is 1. The molecular weight excluding hydrogens is 314 g/mol. The molecule has 2 saturated heterocycles. The fourth-order valence-corrected chi connectivity index (χ4v) is 3.96. The topological polar surface area (TPSA) is 54.9 Å². The van der Waals surface area contributed by atoms with Crippen LogP contribution in [-0.4, -0.2) is 72.8 Å². The van der Waals surface area contributed by atoms with E-state index in [0.29, 0.717) is 18.8 Å². The van der Waals surface area contributed by atoms with Crippen LogP contribution < -0.4 is 0 Å². The molecule has 128 valence electrons. The van der Waals surface area contributed by atoms with E-state index in [0.717, 1.165) is 32.4 Å². The molecule has 3 heterocycles. The zero-order valence-electron chi connectivity index (χ0n) is 13.8. The summed E-state index contributed by atoms with van der Waals surface area (Å²) in [4.78, 5) is 19.9. The van der Waals surface area contributed by atoms with Crippen LogP contribution in [0.4, 0.5) is 0 Å². The summed E-state index contributed by atoms with van der Waals surface area (Å²) in [7, 11) is 3.48. The van der Waals surface area contributed by atoms with Gasteiger partial charge in [0.05, 0.1) is 25.4 Å². The predicted octanol–water partition coefficient (Wildman–Crippen LogP) is 1.37. The molecule has 0 aliphatic carbocycles. The van der Waals surface area contributed by atoms with E-state index >= 15 is 0 Å². The smallest absolute Gasteiger partial charge is 0.248 e. The minimum absolute atomic E-state index is 0.00539. The number of carbonyl (C=O) groups is 1. The van der Waals surface area contributed by atoms with Gasteiger partial charge < -0.3 is 14.4 Å². The molecule has 0 N–H and O–H groups in total. The van der Waals surface area contributed by atoms with Crippen molar-refractivity contribution in [2.75, 3.05) is 33.9 Å². The summed E-state index contributed by atoms with van der Waals surface area (Å²) >= 11 is 1.72. The Hall–Kier alpha value is -1.02. The molecule has 2 fully saturated rings. The van der Waals surface area contributed by atoms with Gasteiger partial charge in [0, 0.05) is 38.3 Å². The minimum Gasteiger partial charge on any atom is -0.371 e. The van der Waals surface area contributed by atoms with Gasteiger partial charge in [-0.3, -0.25) is 9.69 Å². The highest BCUT2D eigenvalue weighted by Crippen LogP contribution is 2.32. The molecule has 7 heteroatoms. The molecule has 6 nitrogen and oxygen atoms in total. The Morgan fingerprint density at radius 3 is 3.09 bits per heavy atom. The van der Waals surface area contributed by atoms with Gasteiger partial charge in [-0.1, -0.05) is 0 Å². The van der Waals surface area contributed by atoms with E-state index in [1.54, 1.807) is 30.3 Å². The van der Waals surface area contributed by atoms with Crippen LogP contribution in [0, 0.1) is 0 Å². The summed E-state index contributed by atoms with van der Waals surface area (Å²) in [5.74, 6) is -0.00539. The Bertz CT molecular complexity index is 509. The van der Waals surface area contributed by atoms with Crippen molar-refractivity contribution >= 4 is 17.2 Å². The van der Waals surface area contributed by atoms with Crippen molar-refractivity contribution in [1.82, 2.24) is 14.8 Å². The summed E-state index contributed by atoms with van der Waals surface area (Å²) in [6.45, 7) is 2.65. The molecule has 2 aliphatic heterocycles. The SMILES string of the molecule is CN(C)C(=O)COCC1CC[C@@H]2[C@@H](CCN2Cc2nccs2)O1. The standard InChI is InChI=1S/C16H25N3O3S/c1-18(2)16(20)11-21-10-12-3-4-13-14(22-12)5-7-19(13)9-15-17-6-8-23-15/h6,8,12-14H,3-5,7,9-11H2,1-2H3/t12?,13-,14-/m1/s1. The summed E-state index contributed by atoms with van der Waals surface area (Å²) in [5, 5.41) is 3.21. The van der Waals surface area contributed by atoms with Gasteiger partial charge in [0.15, 0.2) is 0 Å². The van der Waals surface area contributed by atoms with Gasteiger partial charge in [0.2, 0.25) is 5.91 Å². The van der Waals surface area contributed by atoms with Gasteiger partial charge in [-0.15, -0.1) is 11.3 Å². The number of hydrogen-bond donors (Lipinski definition) is 0. The first-order chi connectivity index (χ1) is 11.1. The maximum atomic E-state index is 11.5. The Balaban J connectivity index is 1.42. The first-order valence-corrected chi connectivity index (χ1v) is 9.07. The summed E-state index contributed by atoms with van der Waals surface area (Å²) < 4.78 is 11.7. The van der Waals surface area contributed by atoms with E-state index in [1.165, 1.54) is 5.01 Å². The quantitative estimate of drug-likeness (QED) is 0.783. The summed E-state index contributed by atoms with van der Waals surface area (Å²) in [5.41, 5.74) is 0. The number of aromatic nitrogens is 1. The Kier molecular flexibility index (Phi) is 5.63. The Labute approximate surface area is 141 Å². The minimum atomic E-state index is -0.00539. The molecular formula is C16H25N3O3S. The van der Waals surface area contributed by atoms with Gasteiger partial charge >= 0.3 is 0 Å². The third-order valence-electron chi connectivity index (χ3n) is 4.60. The molecule has 0 aromatic carbocycles. The van der Waals surface area contributed by atoms with E-state index in [-0.39, 0.29) is 18.6 Å². The number of hydrogen-bond acceptors (Lipinski definition) is 6. The Morgan fingerprint density at radius 1 is 1.48 bits per heavy atom. The third-order valence-corrected chi connectivity index (χ3v) is 5.36. The van der Waals surface area contributed by atoms with Gasteiger partial charge in [-0.2, -0.15) is 0 Å². The summed E-state index contributed by atoms with van der Waals surface area (Å²) in [6, 6.07) is 0.499. The second-order valence-corrected chi connectivity index (χ2v) is 7.41. The molecule has 1 amide bonds. The highest BCUT2D eigenvalue weighted by Gasteiger charge is 2.39. The lowest BCUT2D eigenvalue weighted by Crippen LogP contribution is -2.43. The van der Waals surface area contributed by atoms with Crippen LogP contribution in [0.2, 0.25) is 0 Å². The van der Waals surface area contributed by atoms with Crippen LogP contribution in [-0.2, 0) is 20.8 Å². The van der Waals surface area contributed by atoms with Gasteiger partial charge in [-0.05, 0) is 19.3 Å². The van der Waals surface area contributed by atoms with Gasteiger partial charge in [-0.25, -0.2) is 4.98 Å². The Morgan fingerprint density at radius 2 is 2.35 bits per heavy atom. The fraction of sp³-hybridized carbons (Fsp3) is 0.750.